The number of pyridine rings is 2. The minimum absolute atomic E-state index is 0.221. The number of hydrogen-bond acceptors (Lipinski definition) is 5. The van der Waals surface area contributed by atoms with Crippen molar-refractivity contribution in [2.24, 2.45) is 4.36 Å². The van der Waals surface area contributed by atoms with Crippen LogP contribution in [-0.2, 0) is 9.73 Å². The van der Waals surface area contributed by atoms with E-state index in [1.165, 1.54) is 19.6 Å². The van der Waals surface area contributed by atoms with Gasteiger partial charge in [-0.15, -0.1) is 0 Å². The maximum atomic E-state index is 12.9. The molecule has 0 saturated heterocycles. The van der Waals surface area contributed by atoms with Crippen LogP contribution in [0.4, 0.5) is 0 Å². The zero-order chi connectivity index (χ0) is 20.0. The zero-order valence-corrected chi connectivity index (χ0v) is 16.1. The smallest absolute Gasteiger partial charge is 0.286 e. The second kappa shape index (κ2) is 8.46. The maximum Gasteiger partial charge on any atom is 0.286 e. The fourth-order valence-corrected chi connectivity index (χ4v) is 3.50. The molecule has 0 aliphatic carbocycles. The standard InChI is InChI=1S/C21H17N3O3S/c1-27-19-4-3-5-20(13-19)28(2,26)24-21(25)18-12-17(14-23-15-18)7-6-16-8-10-22-11-9-16/h3-5,8-15H,1-2H3. The van der Waals surface area contributed by atoms with Crippen molar-refractivity contribution >= 4 is 15.6 Å². The lowest BCUT2D eigenvalue weighted by molar-refractivity contribution is 0.100. The topological polar surface area (TPSA) is 81.5 Å². The number of ether oxygens (including phenoxy) is 1. The monoisotopic (exact) mass is 391 g/mol. The van der Waals surface area contributed by atoms with Crippen LogP contribution in [0.25, 0.3) is 0 Å². The van der Waals surface area contributed by atoms with Crippen LogP contribution in [0.5, 0.6) is 5.75 Å². The number of carbonyl (C=O) groups excluding carboxylic acids is 1. The Morgan fingerprint density at radius 1 is 1.04 bits per heavy atom. The zero-order valence-electron chi connectivity index (χ0n) is 15.3. The Balaban J connectivity index is 1.89. The van der Waals surface area contributed by atoms with Gasteiger partial charge in [0, 0.05) is 42.2 Å². The molecule has 0 spiro atoms. The van der Waals surface area contributed by atoms with Gasteiger partial charge in [-0.1, -0.05) is 17.9 Å². The summed E-state index contributed by atoms with van der Waals surface area (Å²) in [5.41, 5.74) is 1.58. The van der Waals surface area contributed by atoms with E-state index in [4.69, 9.17) is 4.74 Å². The summed E-state index contributed by atoms with van der Waals surface area (Å²) in [6.07, 6.45) is 7.65. The molecule has 2 aromatic heterocycles. The first-order valence-electron chi connectivity index (χ1n) is 8.25. The summed E-state index contributed by atoms with van der Waals surface area (Å²) in [5, 5.41) is 0. The number of rotatable bonds is 3. The molecule has 6 nitrogen and oxygen atoms in total. The molecule has 3 rings (SSSR count). The lowest BCUT2D eigenvalue weighted by Crippen LogP contribution is -2.05. The first-order valence-corrected chi connectivity index (χ1v) is 10.2. The fourth-order valence-electron chi connectivity index (χ4n) is 2.31. The minimum atomic E-state index is -2.93. The summed E-state index contributed by atoms with van der Waals surface area (Å²) in [7, 11) is -1.42. The molecule has 0 bridgehead atoms. The molecule has 0 fully saturated rings. The van der Waals surface area contributed by atoms with Gasteiger partial charge < -0.3 is 4.74 Å². The summed E-state index contributed by atoms with van der Waals surface area (Å²) in [4.78, 5) is 20.9. The van der Waals surface area contributed by atoms with Crippen molar-refractivity contribution in [1.82, 2.24) is 9.97 Å². The van der Waals surface area contributed by atoms with E-state index in [1.54, 1.807) is 61.1 Å². The molecular weight excluding hydrogens is 374 g/mol. The highest BCUT2D eigenvalue weighted by Crippen LogP contribution is 2.19. The number of nitrogens with zero attached hydrogens (tertiary/aromatic N) is 3. The third-order valence-electron chi connectivity index (χ3n) is 3.75. The van der Waals surface area contributed by atoms with Crippen molar-refractivity contribution in [1.29, 1.82) is 0 Å². The van der Waals surface area contributed by atoms with Gasteiger partial charge in [0.1, 0.15) is 5.75 Å². The molecule has 0 radical (unpaired) electrons. The van der Waals surface area contributed by atoms with Crippen molar-refractivity contribution in [3.63, 3.8) is 0 Å². The van der Waals surface area contributed by atoms with Crippen molar-refractivity contribution in [3.05, 3.63) is 83.9 Å². The number of aromatic nitrogens is 2. The van der Waals surface area contributed by atoms with Gasteiger partial charge in [-0.2, -0.15) is 4.36 Å². The van der Waals surface area contributed by atoms with E-state index < -0.39 is 15.6 Å². The highest BCUT2D eigenvalue weighted by atomic mass is 32.2. The van der Waals surface area contributed by atoms with E-state index >= 15 is 0 Å². The molecule has 0 aliphatic rings. The second-order valence-corrected chi connectivity index (χ2v) is 8.09. The van der Waals surface area contributed by atoms with Gasteiger partial charge in [0.05, 0.1) is 27.3 Å². The summed E-state index contributed by atoms with van der Waals surface area (Å²) in [6.45, 7) is 0. The highest BCUT2D eigenvalue weighted by Gasteiger charge is 2.13. The molecule has 2 heterocycles. The van der Waals surface area contributed by atoms with Crippen LogP contribution in [-0.4, -0.2) is 33.4 Å². The van der Waals surface area contributed by atoms with E-state index in [0.29, 0.717) is 16.2 Å². The van der Waals surface area contributed by atoms with Crippen LogP contribution in [0, 0.1) is 11.8 Å². The van der Waals surface area contributed by atoms with Crippen molar-refractivity contribution in [2.45, 2.75) is 4.90 Å². The van der Waals surface area contributed by atoms with Crippen molar-refractivity contribution < 1.29 is 13.7 Å². The van der Waals surface area contributed by atoms with E-state index in [1.807, 2.05) is 0 Å². The molecule has 0 aliphatic heterocycles. The minimum Gasteiger partial charge on any atom is -0.497 e. The summed E-state index contributed by atoms with van der Waals surface area (Å²) in [5.74, 6) is 5.85. The lowest BCUT2D eigenvalue weighted by atomic mass is 10.2. The van der Waals surface area contributed by atoms with E-state index in [0.717, 1.165) is 5.56 Å². The number of hydrogen-bond donors (Lipinski definition) is 0. The third kappa shape index (κ3) is 4.81. The maximum absolute atomic E-state index is 12.9. The van der Waals surface area contributed by atoms with Crippen LogP contribution in [0.1, 0.15) is 21.5 Å². The average molecular weight is 391 g/mol. The molecule has 3 aromatic rings. The Morgan fingerprint density at radius 2 is 1.79 bits per heavy atom. The normalized spacial score (nSPS) is 12.2. The van der Waals surface area contributed by atoms with E-state index in [9.17, 15) is 9.00 Å². The fraction of sp³-hybridized carbons (Fsp3) is 0.0952. The SMILES string of the molecule is COc1cccc(S(C)(=O)=NC(=O)c2cncc(C#Cc3ccncc3)c2)c1. The van der Waals surface area contributed by atoms with Crippen molar-refractivity contribution in [3.8, 4) is 17.6 Å². The van der Waals surface area contributed by atoms with Gasteiger partial charge in [0.25, 0.3) is 5.91 Å². The van der Waals surface area contributed by atoms with Gasteiger partial charge >= 0.3 is 0 Å². The van der Waals surface area contributed by atoms with Gasteiger partial charge in [-0.25, -0.2) is 4.21 Å². The molecule has 7 heteroatoms. The molecule has 1 aromatic carbocycles. The molecule has 0 saturated carbocycles. The van der Waals surface area contributed by atoms with Crippen molar-refractivity contribution in [2.75, 3.05) is 13.4 Å². The average Bonchev–Trinajstić information content (AvgIpc) is 2.73. The predicted octanol–water partition coefficient (Wildman–Crippen LogP) is 3.18. The highest BCUT2D eigenvalue weighted by molar-refractivity contribution is 7.93. The predicted molar refractivity (Wildman–Crippen MR) is 107 cm³/mol. The van der Waals surface area contributed by atoms with Crippen LogP contribution in [0.3, 0.4) is 0 Å². The molecule has 1 atom stereocenters. The molecule has 1 unspecified atom stereocenters. The quantitative estimate of drug-likeness (QED) is 0.641. The molecule has 0 N–H and O–H groups in total. The molecule has 28 heavy (non-hydrogen) atoms. The molecule has 1 amide bonds. The lowest BCUT2D eigenvalue weighted by Gasteiger charge is -2.06. The molecule has 140 valence electrons. The first kappa shape index (κ1) is 19.3. The largest absolute Gasteiger partial charge is 0.497 e. The second-order valence-electron chi connectivity index (χ2n) is 5.83. The Bertz CT molecular complexity index is 1190. The third-order valence-corrected chi connectivity index (χ3v) is 5.40. The van der Waals surface area contributed by atoms with Gasteiger partial charge in [-0.05, 0) is 36.4 Å². The van der Waals surface area contributed by atoms with Crippen LogP contribution >= 0.6 is 0 Å². The summed E-state index contributed by atoms with van der Waals surface area (Å²) >= 11 is 0. The van der Waals surface area contributed by atoms with Crippen LogP contribution < -0.4 is 4.74 Å². The van der Waals surface area contributed by atoms with E-state index in [-0.39, 0.29) is 5.56 Å². The van der Waals surface area contributed by atoms with Crippen LogP contribution in [0.15, 0.2) is 76.5 Å². The Morgan fingerprint density at radius 3 is 2.54 bits per heavy atom. The number of carbonyl (C=O) groups is 1. The first-order chi connectivity index (χ1) is 13.5. The Kier molecular flexibility index (Phi) is 5.82. The molecular formula is C21H17N3O3S. The number of methoxy groups -OCH3 is 1. The van der Waals surface area contributed by atoms with Crippen LogP contribution in [0.2, 0.25) is 0 Å². The Labute approximate surface area is 163 Å². The summed E-state index contributed by atoms with van der Waals surface area (Å²) in [6, 6.07) is 11.8. The van der Waals surface area contributed by atoms with Gasteiger partial charge in [0.2, 0.25) is 0 Å². The number of amides is 1. The van der Waals surface area contributed by atoms with E-state index in [2.05, 4.69) is 26.2 Å². The summed E-state index contributed by atoms with van der Waals surface area (Å²) < 4.78 is 22.0. The van der Waals surface area contributed by atoms with Gasteiger partial charge in [0.15, 0.2) is 0 Å². The number of benzene rings is 1. The Hall–Kier alpha value is -3.50. The van der Waals surface area contributed by atoms with Gasteiger partial charge in [-0.3, -0.25) is 14.8 Å².